The molecule has 1 aromatic heterocycles. The van der Waals surface area contributed by atoms with E-state index in [-0.39, 0.29) is 15.9 Å². The lowest BCUT2D eigenvalue weighted by molar-refractivity contribution is 0.228. The molecular formula is C21H19Cl2FN2O. The smallest absolute Gasteiger partial charge is 0.166 e. The Kier molecular flexibility index (Phi) is 5.59. The summed E-state index contributed by atoms with van der Waals surface area (Å²) in [6, 6.07) is 10.4. The first-order valence-electron chi connectivity index (χ1n) is 8.41. The first kappa shape index (κ1) is 19.5. The number of rotatable bonds is 4. The van der Waals surface area contributed by atoms with E-state index in [4.69, 9.17) is 33.7 Å². The number of aromatic nitrogens is 1. The Bertz CT molecular complexity index is 964. The van der Waals surface area contributed by atoms with E-state index >= 15 is 0 Å². The van der Waals surface area contributed by atoms with Crippen LogP contribution in [-0.2, 0) is 0 Å². The maximum Gasteiger partial charge on any atom is 0.166 e. The molecule has 0 fully saturated rings. The van der Waals surface area contributed by atoms with Gasteiger partial charge in [-0.05, 0) is 55.7 Å². The van der Waals surface area contributed by atoms with Gasteiger partial charge in [0.15, 0.2) is 11.6 Å². The monoisotopic (exact) mass is 404 g/mol. The predicted molar refractivity (Wildman–Crippen MR) is 109 cm³/mol. The van der Waals surface area contributed by atoms with Crippen molar-refractivity contribution in [1.29, 1.82) is 0 Å². The van der Waals surface area contributed by atoms with Crippen LogP contribution in [0.5, 0.6) is 5.75 Å². The van der Waals surface area contributed by atoms with Gasteiger partial charge >= 0.3 is 0 Å². The van der Waals surface area contributed by atoms with Crippen molar-refractivity contribution < 1.29 is 9.13 Å². The first-order valence-corrected chi connectivity index (χ1v) is 9.16. The van der Waals surface area contributed by atoms with E-state index in [2.05, 4.69) is 4.98 Å². The van der Waals surface area contributed by atoms with Crippen molar-refractivity contribution in [2.45, 2.75) is 26.9 Å². The number of nitrogens with zero attached hydrogens (tertiary/aromatic N) is 1. The minimum atomic E-state index is -0.539. The molecule has 2 N–H and O–H groups in total. The second kappa shape index (κ2) is 7.75. The Morgan fingerprint density at radius 2 is 1.67 bits per heavy atom. The highest BCUT2D eigenvalue weighted by Gasteiger charge is 2.19. The van der Waals surface area contributed by atoms with Gasteiger partial charge in [-0.15, -0.1) is 0 Å². The maximum atomic E-state index is 13.4. The van der Waals surface area contributed by atoms with Gasteiger partial charge in [-0.2, -0.15) is 0 Å². The molecule has 6 heteroatoms. The van der Waals surface area contributed by atoms with Crippen LogP contribution in [0.1, 0.15) is 29.7 Å². The van der Waals surface area contributed by atoms with E-state index in [0.29, 0.717) is 11.3 Å². The normalized spacial score (nSPS) is 12.1. The Morgan fingerprint density at radius 3 is 2.26 bits per heavy atom. The van der Waals surface area contributed by atoms with Crippen LogP contribution in [0.4, 0.5) is 10.2 Å². The number of aryl methyl sites for hydroxylation is 2. The highest BCUT2D eigenvalue weighted by atomic mass is 35.5. The number of hydrogen-bond donors (Lipinski definition) is 1. The highest BCUT2D eigenvalue weighted by Crippen LogP contribution is 2.37. The molecule has 140 valence electrons. The number of ether oxygens (including phenoxy) is 1. The average Bonchev–Trinajstić information content (AvgIpc) is 2.56. The fourth-order valence-electron chi connectivity index (χ4n) is 3.15. The van der Waals surface area contributed by atoms with Crippen molar-refractivity contribution in [1.82, 2.24) is 4.98 Å². The minimum Gasteiger partial charge on any atom is -0.482 e. The Morgan fingerprint density at radius 1 is 1.07 bits per heavy atom. The summed E-state index contributed by atoms with van der Waals surface area (Å²) < 4.78 is 19.4. The molecule has 1 heterocycles. The third-order valence-electron chi connectivity index (χ3n) is 4.41. The van der Waals surface area contributed by atoms with E-state index in [0.717, 1.165) is 22.3 Å². The van der Waals surface area contributed by atoms with Crippen molar-refractivity contribution in [3.05, 3.63) is 75.1 Å². The minimum absolute atomic E-state index is 0.199. The molecule has 0 aliphatic carbocycles. The zero-order valence-electron chi connectivity index (χ0n) is 15.2. The van der Waals surface area contributed by atoms with Gasteiger partial charge in [0, 0.05) is 17.3 Å². The molecule has 2 aromatic carbocycles. The molecule has 0 aliphatic rings. The van der Waals surface area contributed by atoms with Crippen molar-refractivity contribution in [2.75, 3.05) is 5.73 Å². The lowest BCUT2D eigenvalue weighted by atomic mass is 9.97. The van der Waals surface area contributed by atoms with E-state index < -0.39 is 11.9 Å². The van der Waals surface area contributed by atoms with E-state index in [1.165, 1.54) is 12.1 Å². The zero-order valence-corrected chi connectivity index (χ0v) is 16.7. The van der Waals surface area contributed by atoms with Gasteiger partial charge in [0.05, 0.1) is 10.0 Å². The molecule has 3 nitrogen and oxygen atoms in total. The molecule has 3 aromatic rings. The quantitative estimate of drug-likeness (QED) is 0.537. The van der Waals surface area contributed by atoms with Crippen LogP contribution >= 0.6 is 23.2 Å². The van der Waals surface area contributed by atoms with Crippen LogP contribution in [0.15, 0.2) is 42.6 Å². The van der Waals surface area contributed by atoms with Crippen LogP contribution in [0.25, 0.3) is 11.1 Å². The second-order valence-electron chi connectivity index (χ2n) is 6.42. The molecule has 0 amide bonds. The summed E-state index contributed by atoms with van der Waals surface area (Å²) in [5.41, 5.74) is 10.7. The average molecular weight is 405 g/mol. The highest BCUT2D eigenvalue weighted by molar-refractivity contribution is 6.36. The number of hydrogen-bond acceptors (Lipinski definition) is 3. The van der Waals surface area contributed by atoms with Crippen molar-refractivity contribution in [2.24, 2.45) is 0 Å². The molecule has 1 atom stereocenters. The number of benzene rings is 2. The van der Waals surface area contributed by atoms with E-state index in [1.54, 1.807) is 13.1 Å². The molecule has 0 saturated carbocycles. The lowest BCUT2D eigenvalue weighted by Crippen LogP contribution is -2.08. The van der Waals surface area contributed by atoms with Crippen LogP contribution < -0.4 is 10.5 Å². The molecule has 0 aliphatic heterocycles. The Balaban J connectivity index is 1.99. The molecule has 0 spiro atoms. The summed E-state index contributed by atoms with van der Waals surface area (Å²) >= 11 is 12.3. The number of nitrogens with two attached hydrogens (primary N) is 1. The van der Waals surface area contributed by atoms with E-state index in [9.17, 15) is 4.39 Å². The fraction of sp³-hybridized carbons (Fsp3) is 0.190. The molecule has 0 saturated heterocycles. The Labute approximate surface area is 167 Å². The van der Waals surface area contributed by atoms with Gasteiger partial charge in [-0.3, -0.25) is 0 Å². The summed E-state index contributed by atoms with van der Waals surface area (Å²) in [5.74, 6) is 0.171. The molecular weight excluding hydrogens is 386 g/mol. The predicted octanol–water partition coefficient (Wildman–Crippen LogP) is 6.53. The SMILES string of the molecule is Cc1cccc(C)c1-c1cnc(N)c(OC(C)c2c(Cl)cc(F)cc2Cl)c1. The van der Waals surface area contributed by atoms with Crippen LogP contribution in [0.2, 0.25) is 10.0 Å². The third kappa shape index (κ3) is 4.02. The molecule has 3 rings (SSSR count). The van der Waals surface area contributed by atoms with Gasteiger partial charge in [-0.25, -0.2) is 9.37 Å². The number of anilines is 1. The molecule has 0 radical (unpaired) electrons. The van der Waals surface area contributed by atoms with Crippen molar-refractivity contribution in [3.63, 3.8) is 0 Å². The number of pyridine rings is 1. The van der Waals surface area contributed by atoms with Crippen molar-refractivity contribution in [3.8, 4) is 16.9 Å². The van der Waals surface area contributed by atoms with Crippen LogP contribution in [0.3, 0.4) is 0 Å². The number of nitrogen functional groups attached to an aromatic ring is 1. The summed E-state index contributed by atoms with van der Waals surface area (Å²) in [6.07, 6.45) is 1.18. The summed E-state index contributed by atoms with van der Waals surface area (Å²) in [7, 11) is 0. The van der Waals surface area contributed by atoms with Crippen molar-refractivity contribution >= 4 is 29.0 Å². The fourth-order valence-corrected chi connectivity index (χ4v) is 3.91. The largest absolute Gasteiger partial charge is 0.482 e. The van der Waals surface area contributed by atoms with Gasteiger partial charge in [0.1, 0.15) is 11.9 Å². The lowest BCUT2D eigenvalue weighted by Gasteiger charge is -2.19. The van der Waals surface area contributed by atoms with Gasteiger partial charge in [0.25, 0.3) is 0 Å². The standard InChI is InChI=1S/C21H19Cl2FN2O/c1-11-5-4-6-12(2)19(11)14-7-18(21(25)26-10-14)27-13(3)20-16(22)8-15(24)9-17(20)23/h4-10,13H,1-3H3,(H2,25,26). The first-order chi connectivity index (χ1) is 12.8. The van der Waals surface area contributed by atoms with E-state index in [1.807, 2.05) is 38.1 Å². The van der Waals surface area contributed by atoms with Crippen LogP contribution in [-0.4, -0.2) is 4.98 Å². The maximum absolute atomic E-state index is 13.4. The van der Waals surface area contributed by atoms with Crippen LogP contribution in [0, 0.1) is 19.7 Å². The molecule has 1 unspecified atom stereocenters. The summed E-state index contributed by atoms with van der Waals surface area (Å²) in [5, 5.41) is 0.398. The summed E-state index contributed by atoms with van der Waals surface area (Å²) in [6.45, 7) is 5.86. The third-order valence-corrected chi connectivity index (χ3v) is 5.03. The zero-order chi connectivity index (χ0) is 19.7. The van der Waals surface area contributed by atoms with Gasteiger partial charge in [0.2, 0.25) is 0 Å². The second-order valence-corrected chi connectivity index (χ2v) is 7.23. The van der Waals surface area contributed by atoms with Gasteiger partial charge in [-0.1, -0.05) is 41.4 Å². The topological polar surface area (TPSA) is 48.1 Å². The van der Waals surface area contributed by atoms with Gasteiger partial charge < -0.3 is 10.5 Å². The molecule has 0 bridgehead atoms. The number of halogens is 3. The summed E-state index contributed by atoms with van der Waals surface area (Å²) in [4.78, 5) is 4.27. The molecule has 27 heavy (non-hydrogen) atoms. The Hall–Kier alpha value is -2.30.